The molecule has 4 heteroatoms. The van der Waals surface area contributed by atoms with Crippen LogP contribution >= 0.6 is 0 Å². The van der Waals surface area contributed by atoms with E-state index in [0.717, 1.165) is 24.1 Å². The van der Waals surface area contributed by atoms with Crippen LogP contribution in [0.2, 0.25) is 0 Å². The van der Waals surface area contributed by atoms with Gasteiger partial charge in [0.05, 0.1) is 12.0 Å². The highest BCUT2D eigenvalue weighted by atomic mass is 16.4. The van der Waals surface area contributed by atoms with Gasteiger partial charge in [0.2, 0.25) is 5.91 Å². The number of benzene rings is 1. The molecule has 0 aromatic heterocycles. The van der Waals surface area contributed by atoms with Crippen molar-refractivity contribution in [2.24, 2.45) is 5.92 Å². The lowest BCUT2D eigenvalue weighted by molar-refractivity contribution is -0.117. The van der Waals surface area contributed by atoms with Crippen molar-refractivity contribution in [3.05, 3.63) is 29.3 Å². The topological polar surface area (TPSA) is 57.6 Å². The molecule has 0 unspecified atom stereocenters. The van der Waals surface area contributed by atoms with Crippen LogP contribution in [0.4, 0.5) is 5.69 Å². The van der Waals surface area contributed by atoms with E-state index in [2.05, 4.69) is 13.8 Å². The number of hydrogen-bond acceptors (Lipinski definition) is 2. The van der Waals surface area contributed by atoms with E-state index < -0.39 is 5.97 Å². The molecule has 0 saturated carbocycles. The van der Waals surface area contributed by atoms with Crippen molar-refractivity contribution in [2.45, 2.75) is 33.1 Å². The molecule has 0 bridgehead atoms. The van der Waals surface area contributed by atoms with Crippen LogP contribution in [0.15, 0.2) is 18.2 Å². The Morgan fingerprint density at radius 1 is 1.42 bits per heavy atom. The first-order valence-electron chi connectivity index (χ1n) is 6.65. The van der Waals surface area contributed by atoms with Gasteiger partial charge in [-0.05, 0) is 36.5 Å². The molecule has 0 aliphatic carbocycles. The normalized spacial score (nSPS) is 14.1. The molecule has 1 aromatic rings. The van der Waals surface area contributed by atoms with Crippen LogP contribution in [-0.4, -0.2) is 23.5 Å². The molecule has 102 valence electrons. The summed E-state index contributed by atoms with van der Waals surface area (Å²) in [4.78, 5) is 24.7. The van der Waals surface area contributed by atoms with E-state index in [4.69, 9.17) is 5.11 Å². The van der Waals surface area contributed by atoms with Gasteiger partial charge in [0.25, 0.3) is 0 Å². The molecule has 0 radical (unpaired) electrons. The van der Waals surface area contributed by atoms with E-state index in [9.17, 15) is 9.59 Å². The Hall–Kier alpha value is -1.84. The van der Waals surface area contributed by atoms with E-state index in [1.807, 2.05) is 0 Å². The van der Waals surface area contributed by atoms with E-state index >= 15 is 0 Å². The molecule has 1 N–H and O–H groups in total. The Balaban J connectivity index is 2.16. The lowest BCUT2D eigenvalue weighted by atomic mass is 10.1. The first kappa shape index (κ1) is 13.6. The third-order valence-electron chi connectivity index (χ3n) is 3.43. The van der Waals surface area contributed by atoms with Gasteiger partial charge in [0.15, 0.2) is 0 Å². The van der Waals surface area contributed by atoms with E-state index in [0.29, 0.717) is 18.9 Å². The number of hydrogen-bond donors (Lipinski definition) is 1. The number of amides is 1. The maximum absolute atomic E-state index is 12.0. The molecule has 1 aromatic carbocycles. The number of aromatic carboxylic acids is 1. The van der Waals surface area contributed by atoms with Crippen LogP contribution in [0, 0.1) is 5.92 Å². The monoisotopic (exact) mass is 261 g/mol. The van der Waals surface area contributed by atoms with Gasteiger partial charge in [0, 0.05) is 12.2 Å². The number of carboxylic acids is 1. The van der Waals surface area contributed by atoms with Crippen molar-refractivity contribution in [2.75, 3.05) is 11.4 Å². The lowest BCUT2D eigenvalue weighted by Crippen LogP contribution is -2.28. The summed E-state index contributed by atoms with van der Waals surface area (Å²) < 4.78 is 0. The summed E-state index contributed by atoms with van der Waals surface area (Å²) in [5.41, 5.74) is 1.94. The molecule has 2 rings (SSSR count). The Morgan fingerprint density at radius 2 is 2.16 bits per heavy atom. The zero-order valence-corrected chi connectivity index (χ0v) is 11.3. The summed E-state index contributed by atoms with van der Waals surface area (Å²) in [5, 5.41) is 9.01. The number of nitrogens with zero attached hydrogens (tertiary/aromatic N) is 1. The minimum Gasteiger partial charge on any atom is -0.478 e. The molecule has 1 aliphatic rings. The van der Waals surface area contributed by atoms with Crippen LogP contribution in [0.1, 0.15) is 42.6 Å². The second-order valence-electron chi connectivity index (χ2n) is 5.41. The van der Waals surface area contributed by atoms with Gasteiger partial charge in [0.1, 0.15) is 0 Å². The van der Waals surface area contributed by atoms with Crippen molar-refractivity contribution in [3.63, 3.8) is 0 Å². The highest BCUT2D eigenvalue weighted by Crippen LogP contribution is 2.30. The lowest BCUT2D eigenvalue weighted by Gasteiger charge is -2.18. The van der Waals surface area contributed by atoms with Gasteiger partial charge in [-0.15, -0.1) is 0 Å². The number of rotatable bonds is 5. The number of carbonyl (C=O) groups excluding carboxylic acids is 1. The first-order valence-corrected chi connectivity index (χ1v) is 6.65. The summed E-state index contributed by atoms with van der Waals surface area (Å²) in [6.07, 6.45) is 2.40. The third kappa shape index (κ3) is 2.95. The highest BCUT2D eigenvalue weighted by molar-refractivity contribution is 6.03. The fourth-order valence-corrected chi connectivity index (χ4v) is 2.39. The molecule has 0 spiro atoms. The maximum atomic E-state index is 12.0. The SMILES string of the molecule is CC(C)CCCN1C(=O)Cc2ccc(C(=O)O)cc21. The van der Waals surface area contributed by atoms with Crippen LogP contribution < -0.4 is 4.90 Å². The minimum absolute atomic E-state index is 0.0706. The summed E-state index contributed by atoms with van der Waals surface area (Å²) in [6.45, 7) is 4.98. The minimum atomic E-state index is -0.954. The van der Waals surface area contributed by atoms with Gasteiger partial charge >= 0.3 is 5.97 Å². The van der Waals surface area contributed by atoms with Gasteiger partial charge in [-0.2, -0.15) is 0 Å². The quantitative estimate of drug-likeness (QED) is 0.886. The van der Waals surface area contributed by atoms with Gasteiger partial charge in [-0.25, -0.2) is 4.79 Å². The predicted octanol–water partition coefficient (Wildman–Crippen LogP) is 2.71. The first-order chi connectivity index (χ1) is 8.99. The van der Waals surface area contributed by atoms with E-state index in [-0.39, 0.29) is 11.5 Å². The van der Waals surface area contributed by atoms with Crippen molar-refractivity contribution in [1.82, 2.24) is 0 Å². The molecule has 4 nitrogen and oxygen atoms in total. The average Bonchev–Trinajstić information content (AvgIpc) is 2.64. The highest BCUT2D eigenvalue weighted by Gasteiger charge is 2.27. The molecule has 19 heavy (non-hydrogen) atoms. The Labute approximate surface area is 113 Å². The fraction of sp³-hybridized carbons (Fsp3) is 0.467. The van der Waals surface area contributed by atoms with Crippen LogP contribution in [0.25, 0.3) is 0 Å². The molecular formula is C15H19NO3. The Kier molecular flexibility index (Phi) is 3.88. The van der Waals surface area contributed by atoms with Crippen molar-refractivity contribution >= 4 is 17.6 Å². The molecule has 1 aliphatic heterocycles. The van der Waals surface area contributed by atoms with Crippen molar-refractivity contribution in [1.29, 1.82) is 0 Å². The largest absolute Gasteiger partial charge is 0.478 e. The molecule has 1 heterocycles. The van der Waals surface area contributed by atoms with Crippen molar-refractivity contribution in [3.8, 4) is 0 Å². The zero-order valence-electron chi connectivity index (χ0n) is 11.3. The van der Waals surface area contributed by atoms with Crippen molar-refractivity contribution < 1.29 is 14.7 Å². The smallest absolute Gasteiger partial charge is 0.335 e. The second kappa shape index (κ2) is 5.43. The van der Waals surface area contributed by atoms with Gasteiger partial charge in [-0.1, -0.05) is 19.9 Å². The standard InChI is InChI=1S/C15H19NO3/c1-10(2)4-3-7-16-13-8-12(15(18)19)6-5-11(13)9-14(16)17/h5-6,8,10H,3-4,7,9H2,1-2H3,(H,18,19). The van der Waals surface area contributed by atoms with Crippen LogP contribution in [-0.2, 0) is 11.2 Å². The number of carbonyl (C=O) groups is 2. The zero-order chi connectivity index (χ0) is 14.0. The van der Waals surface area contributed by atoms with Crippen LogP contribution in [0.5, 0.6) is 0 Å². The van der Waals surface area contributed by atoms with E-state index in [1.54, 1.807) is 23.1 Å². The Morgan fingerprint density at radius 3 is 2.79 bits per heavy atom. The third-order valence-corrected chi connectivity index (χ3v) is 3.43. The summed E-state index contributed by atoms with van der Waals surface area (Å²) in [5.74, 6) is -0.270. The Bertz CT molecular complexity index is 508. The van der Waals surface area contributed by atoms with E-state index in [1.165, 1.54) is 0 Å². The van der Waals surface area contributed by atoms with Crippen LogP contribution in [0.3, 0.4) is 0 Å². The summed E-state index contributed by atoms with van der Waals surface area (Å²) >= 11 is 0. The maximum Gasteiger partial charge on any atom is 0.335 e. The molecule has 1 amide bonds. The molecule has 0 fully saturated rings. The summed E-state index contributed by atoms with van der Waals surface area (Å²) in [7, 11) is 0. The van der Waals surface area contributed by atoms with Gasteiger partial charge < -0.3 is 10.0 Å². The molecular weight excluding hydrogens is 242 g/mol. The fourth-order valence-electron chi connectivity index (χ4n) is 2.39. The second-order valence-corrected chi connectivity index (χ2v) is 5.41. The van der Waals surface area contributed by atoms with Gasteiger partial charge in [-0.3, -0.25) is 4.79 Å². The summed E-state index contributed by atoms with van der Waals surface area (Å²) in [6, 6.07) is 4.92. The number of anilines is 1. The molecule has 0 saturated heterocycles. The average molecular weight is 261 g/mol. The number of fused-ring (bicyclic) bond motifs is 1. The molecule has 0 atom stereocenters. The predicted molar refractivity (Wildman–Crippen MR) is 73.5 cm³/mol. The number of carboxylic acid groups (broad SMARTS) is 1.